The topological polar surface area (TPSA) is 30.2 Å². The number of rotatable bonds is 3. The Morgan fingerprint density at radius 2 is 2.00 bits per heavy atom. The molecule has 1 aromatic carbocycles. The van der Waals surface area contributed by atoms with Gasteiger partial charge in [0.05, 0.1) is 0 Å². The van der Waals surface area contributed by atoms with Crippen molar-refractivity contribution in [3.63, 3.8) is 0 Å². The number of benzene rings is 1. The van der Waals surface area contributed by atoms with Gasteiger partial charge in [0.25, 0.3) is 0 Å². The highest BCUT2D eigenvalue weighted by molar-refractivity contribution is 6.01. The number of furan rings is 1. The molecule has 0 aliphatic heterocycles. The standard InChI is InChI=1S/C17H22O2/c1-6-11(2)13-9-7-8-12-10-14(19-15(12)13)16(18)17(3,4)5/h7-11H,6H2,1-5H3. The lowest BCUT2D eigenvalue weighted by molar-refractivity contribution is 0.0830. The van der Waals surface area contributed by atoms with Crippen LogP contribution in [-0.4, -0.2) is 5.78 Å². The van der Waals surface area contributed by atoms with Gasteiger partial charge in [-0.25, -0.2) is 0 Å². The molecule has 0 bridgehead atoms. The monoisotopic (exact) mass is 258 g/mol. The summed E-state index contributed by atoms with van der Waals surface area (Å²) in [5, 5.41) is 1.02. The molecular weight excluding hydrogens is 236 g/mol. The van der Waals surface area contributed by atoms with Crippen LogP contribution in [-0.2, 0) is 0 Å². The maximum absolute atomic E-state index is 12.3. The summed E-state index contributed by atoms with van der Waals surface area (Å²) >= 11 is 0. The van der Waals surface area contributed by atoms with Gasteiger partial charge >= 0.3 is 0 Å². The smallest absolute Gasteiger partial charge is 0.203 e. The second-order valence-corrected chi connectivity index (χ2v) is 6.26. The summed E-state index contributed by atoms with van der Waals surface area (Å²) in [4.78, 5) is 12.3. The van der Waals surface area contributed by atoms with Crippen molar-refractivity contribution >= 4 is 16.8 Å². The molecule has 1 heterocycles. The molecule has 0 amide bonds. The summed E-state index contributed by atoms with van der Waals surface area (Å²) in [5.41, 5.74) is 1.64. The zero-order valence-electron chi connectivity index (χ0n) is 12.4. The number of para-hydroxylation sites is 1. The van der Waals surface area contributed by atoms with Gasteiger partial charge in [-0.15, -0.1) is 0 Å². The molecule has 0 aliphatic rings. The van der Waals surface area contributed by atoms with E-state index in [0.717, 1.165) is 17.4 Å². The van der Waals surface area contributed by atoms with Gasteiger partial charge in [0.2, 0.25) is 5.78 Å². The fraction of sp³-hybridized carbons (Fsp3) is 0.471. The molecule has 0 N–H and O–H groups in total. The lowest BCUT2D eigenvalue weighted by Gasteiger charge is -2.14. The molecule has 1 unspecified atom stereocenters. The summed E-state index contributed by atoms with van der Waals surface area (Å²) in [6.45, 7) is 10.1. The summed E-state index contributed by atoms with van der Waals surface area (Å²) in [5.74, 6) is 0.962. The van der Waals surface area contributed by atoms with Crippen LogP contribution >= 0.6 is 0 Å². The lowest BCUT2D eigenvalue weighted by atomic mass is 9.89. The van der Waals surface area contributed by atoms with Crippen molar-refractivity contribution in [2.45, 2.75) is 47.0 Å². The fourth-order valence-electron chi connectivity index (χ4n) is 2.18. The third-order valence-corrected chi connectivity index (χ3v) is 3.62. The quantitative estimate of drug-likeness (QED) is 0.710. The Morgan fingerprint density at radius 3 is 2.58 bits per heavy atom. The van der Waals surface area contributed by atoms with Crippen LogP contribution < -0.4 is 0 Å². The van der Waals surface area contributed by atoms with Crippen LogP contribution in [0, 0.1) is 5.41 Å². The number of carbonyl (C=O) groups is 1. The minimum absolute atomic E-state index is 0.0544. The van der Waals surface area contributed by atoms with Crippen LogP contribution in [0.25, 0.3) is 11.0 Å². The van der Waals surface area contributed by atoms with Crippen molar-refractivity contribution in [2.75, 3.05) is 0 Å². The van der Waals surface area contributed by atoms with E-state index in [2.05, 4.69) is 19.9 Å². The van der Waals surface area contributed by atoms with E-state index < -0.39 is 5.41 Å². The third kappa shape index (κ3) is 2.58. The number of ketones is 1. The van der Waals surface area contributed by atoms with Crippen LogP contribution in [0.15, 0.2) is 28.7 Å². The van der Waals surface area contributed by atoms with Gasteiger partial charge in [-0.1, -0.05) is 52.8 Å². The molecule has 19 heavy (non-hydrogen) atoms. The van der Waals surface area contributed by atoms with E-state index in [1.807, 2.05) is 39.0 Å². The summed E-state index contributed by atoms with van der Waals surface area (Å²) in [6.07, 6.45) is 1.06. The van der Waals surface area contributed by atoms with Crippen molar-refractivity contribution in [3.8, 4) is 0 Å². The molecule has 1 aromatic heterocycles. The minimum atomic E-state index is -0.412. The second-order valence-electron chi connectivity index (χ2n) is 6.26. The van der Waals surface area contributed by atoms with Gasteiger partial charge in [-0.05, 0) is 24.0 Å². The van der Waals surface area contributed by atoms with E-state index in [-0.39, 0.29) is 5.78 Å². The first-order valence-electron chi connectivity index (χ1n) is 6.92. The predicted molar refractivity (Wildman–Crippen MR) is 78.7 cm³/mol. The van der Waals surface area contributed by atoms with Gasteiger partial charge < -0.3 is 4.42 Å². The van der Waals surface area contributed by atoms with Crippen molar-refractivity contribution in [1.82, 2.24) is 0 Å². The molecule has 0 spiro atoms. The zero-order chi connectivity index (χ0) is 14.2. The van der Waals surface area contributed by atoms with Crippen LogP contribution in [0.2, 0.25) is 0 Å². The first-order valence-corrected chi connectivity index (χ1v) is 6.92. The van der Waals surface area contributed by atoms with Crippen molar-refractivity contribution < 1.29 is 9.21 Å². The van der Waals surface area contributed by atoms with Crippen LogP contribution in [0.4, 0.5) is 0 Å². The summed E-state index contributed by atoms with van der Waals surface area (Å²) in [6, 6.07) is 8.00. The molecule has 2 aromatic rings. The number of hydrogen-bond donors (Lipinski definition) is 0. The molecule has 0 aliphatic carbocycles. The molecule has 0 radical (unpaired) electrons. The molecule has 2 heteroatoms. The van der Waals surface area contributed by atoms with E-state index in [1.54, 1.807) is 0 Å². The van der Waals surface area contributed by atoms with E-state index in [0.29, 0.717) is 11.7 Å². The largest absolute Gasteiger partial charge is 0.453 e. The Labute approximate surface area is 114 Å². The molecule has 2 rings (SSSR count). The van der Waals surface area contributed by atoms with Gasteiger partial charge in [0, 0.05) is 10.8 Å². The van der Waals surface area contributed by atoms with Gasteiger partial charge in [0.15, 0.2) is 5.76 Å². The highest BCUT2D eigenvalue weighted by Crippen LogP contribution is 2.32. The third-order valence-electron chi connectivity index (χ3n) is 3.62. The van der Waals surface area contributed by atoms with E-state index in [1.165, 1.54) is 5.56 Å². The van der Waals surface area contributed by atoms with E-state index >= 15 is 0 Å². The van der Waals surface area contributed by atoms with Gasteiger partial charge in [-0.3, -0.25) is 4.79 Å². The Hall–Kier alpha value is -1.57. The zero-order valence-corrected chi connectivity index (χ0v) is 12.4. The van der Waals surface area contributed by atoms with Crippen molar-refractivity contribution in [3.05, 3.63) is 35.6 Å². The minimum Gasteiger partial charge on any atom is -0.453 e. The van der Waals surface area contributed by atoms with Gasteiger partial charge in [-0.2, -0.15) is 0 Å². The maximum Gasteiger partial charge on any atom is 0.203 e. The number of carbonyl (C=O) groups excluding carboxylic acids is 1. The molecule has 102 valence electrons. The Bertz CT molecular complexity index is 599. The lowest BCUT2D eigenvalue weighted by Crippen LogP contribution is -2.19. The highest BCUT2D eigenvalue weighted by atomic mass is 16.3. The first kappa shape index (κ1) is 13.9. The predicted octanol–water partition coefficient (Wildman–Crippen LogP) is 5.18. The maximum atomic E-state index is 12.3. The summed E-state index contributed by atoms with van der Waals surface area (Å²) < 4.78 is 5.86. The SMILES string of the molecule is CCC(C)c1cccc2cc(C(=O)C(C)(C)C)oc12. The summed E-state index contributed by atoms with van der Waals surface area (Å²) in [7, 11) is 0. The fourth-order valence-corrected chi connectivity index (χ4v) is 2.18. The number of Topliss-reactive ketones (excluding diaryl/α,β-unsaturated/α-hetero) is 1. The average molecular weight is 258 g/mol. The molecule has 0 saturated heterocycles. The molecule has 0 fully saturated rings. The second kappa shape index (κ2) is 4.84. The number of fused-ring (bicyclic) bond motifs is 1. The Morgan fingerprint density at radius 1 is 1.32 bits per heavy atom. The number of hydrogen-bond acceptors (Lipinski definition) is 2. The Kier molecular flexibility index (Phi) is 3.53. The van der Waals surface area contributed by atoms with Crippen molar-refractivity contribution in [1.29, 1.82) is 0 Å². The van der Waals surface area contributed by atoms with Crippen LogP contribution in [0.1, 0.15) is 63.1 Å². The van der Waals surface area contributed by atoms with Crippen LogP contribution in [0.3, 0.4) is 0 Å². The molecular formula is C17H22O2. The molecule has 2 nitrogen and oxygen atoms in total. The van der Waals surface area contributed by atoms with E-state index in [9.17, 15) is 4.79 Å². The van der Waals surface area contributed by atoms with Crippen LogP contribution in [0.5, 0.6) is 0 Å². The normalized spacial score (nSPS) is 13.7. The highest BCUT2D eigenvalue weighted by Gasteiger charge is 2.26. The molecule has 1 atom stereocenters. The first-order chi connectivity index (χ1) is 8.84. The van der Waals surface area contributed by atoms with Crippen molar-refractivity contribution in [2.24, 2.45) is 5.41 Å². The average Bonchev–Trinajstić information content (AvgIpc) is 2.78. The molecule has 0 saturated carbocycles. The van der Waals surface area contributed by atoms with E-state index in [4.69, 9.17) is 4.42 Å². The van der Waals surface area contributed by atoms with Gasteiger partial charge in [0.1, 0.15) is 5.58 Å². The Balaban J connectivity index is 2.55.